The number of aromatic nitrogens is 3. The van der Waals surface area contributed by atoms with E-state index >= 15 is 4.39 Å². The molecule has 0 aliphatic carbocycles. The average molecular weight is 557 g/mol. The summed E-state index contributed by atoms with van der Waals surface area (Å²) in [5.74, 6) is -0.139. The first kappa shape index (κ1) is 26.9. The molecule has 1 amide bonds. The third-order valence-corrected chi connectivity index (χ3v) is 8.11. The quantitative estimate of drug-likeness (QED) is 0.325. The van der Waals surface area contributed by atoms with Crippen LogP contribution in [0, 0.1) is 12.7 Å². The Hall–Kier alpha value is -4.31. The molecule has 2 aliphatic rings. The van der Waals surface area contributed by atoms with Crippen LogP contribution in [0.2, 0.25) is 0 Å². The lowest BCUT2D eigenvalue weighted by Crippen LogP contribution is -2.36. The number of aliphatic hydroxyl groups excluding tert-OH is 1. The number of aromatic amines is 1. The van der Waals surface area contributed by atoms with Crippen LogP contribution in [0.4, 0.5) is 21.6 Å². The number of nitrogens with zero attached hydrogens (tertiary/aromatic N) is 4. The number of carbonyl (C=O) groups excluding carboxylic acids is 1. The number of amides is 1. The van der Waals surface area contributed by atoms with E-state index in [1.54, 1.807) is 42.3 Å². The lowest BCUT2D eigenvalue weighted by Gasteiger charge is -2.31. The summed E-state index contributed by atoms with van der Waals surface area (Å²) in [5.41, 5.74) is 2.70. The molecule has 6 rings (SSSR count). The number of anilines is 3. The fraction of sp³-hybridized carbons (Fsp3) is 0.355. The normalized spacial score (nSPS) is 16.3. The molecule has 3 aromatic heterocycles. The molecule has 0 unspecified atom stereocenters. The molecule has 0 radical (unpaired) electrons. The van der Waals surface area contributed by atoms with E-state index in [4.69, 9.17) is 0 Å². The number of benzene rings is 1. The van der Waals surface area contributed by atoms with Crippen LogP contribution in [0.3, 0.4) is 0 Å². The van der Waals surface area contributed by atoms with Crippen LogP contribution in [0.15, 0.2) is 53.6 Å². The van der Waals surface area contributed by atoms with Crippen molar-refractivity contribution in [2.24, 2.45) is 0 Å². The van der Waals surface area contributed by atoms with Crippen LogP contribution in [0.25, 0.3) is 22.2 Å². The zero-order valence-electron chi connectivity index (χ0n) is 23.0. The van der Waals surface area contributed by atoms with Gasteiger partial charge in [0.25, 0.3) is 11.5 Å². The lowest BCUT2D eigenvalue weighted by atomic mass is 9.99. The summed E-state index contributed by atoms with van der Waals surface area (Å²) < 4.78 is 15.8. The Morgan fingerprint density at radius 2 is 1.85 bits per heavy atom. The van der Waals surface area contributed by atoms with Crippen LogP contribution >= 0.6 is 0 Å². The van der Waals surface area contributed by atoms with Crippen molar-refractivity contribution in [1.82, 2.24) is 19.9 Å². The van der Waals surface area contributed by atoms with Gasteiger partial charge >= 0.3 is 0 Å². The minimum Gasteiger partial charge on any atom is -0.393 e. The van der Waals surface area contributed by atoms with Crippen molar-refractivity contribution in [1.29, 1.82) is 0 Å². The molecule has 2 aliphatic heterocycles. The average Bonchev–Trinajstić information content (AvgIpc) is 2.99. The Balaban J connectivity index is 1.33. The summed E-state index contributed by atoms with van der Waals surface area (Å²) in [7, 11) is 0. The number of piperidine rings is 2. The molecule has 0 saturated carbocycles. The lowest BCUT2D eigenvalue weighted by molar-refractivity contribution is 0.0723. The van der Waals surface area contributed by atoms with Crippen molar-refractivity contribution < 1.29 is 14.3 Å². The number of H-pyrrole nitrogens is 1. The van der Waals surface area contributed by atoms with Crippen molar-refractivity contribution in [2.45, 2.75) is 45.1 Å². The summed E-state index contributed by atoms with van der Waals surface area (Å²) in [6, 6.07) is 10.3. The SMILES string of the molecule is Cc1c(C(=O)N2CCCCC2)ccc(-c2cc(Nc3ccc(N4CCC(O)CC4)cn3)c3c(=O)[nH]ccc3n2)c1F. The number of hydrogen-bond donors (Lipinski definition) is 3. The van der Waals surface area contributed by atoms with E-state index in [-0.39, 0.29) is 28.7 Å². The van der Waals surface area contributed by atoms with Crippen molar-refractivity contribution in [3.8, 4) is 11.3 Å². The first-order valence-corrected chi connectivity index (χ1v) is 14.2. The summed E-state index contributed by atoms with van der Waals surface area (Å²) >= 11 is 0. The maximum absolute atomic E-state index is 15.8. The van der Waals surface area contributed by atoms with Gasteiger partial charge in [-0.3, -0.25) is 9.59 Å². The molecule has 0 atom stereocenters. The van der Waals surface area contributed by atoms with Gasteiger partial charge in [-0.05, 0) is 81.0 Å². The van der Waals surface area contributed by atoms with Crippen LogP contribution in [-0.2, 0) is 0 Å². The fourth-order valence-electron chi connectivity index (χ4n) is 5.72. The number of halogens is 1. The molecule has 41 heavy (non-hydrogen) atoms. The van der Waals surface area contributed by atoms with Gasteiger partial charge in [0.15, 0.2) is 0 Å². The highest BCUT2D eigenvalue weighted by Gasteiger charge is 2.24. The second kappa shape index (κ2) is 11.3. The van der Waals surface area contributed by atoms with Crippen LogP contribution in [0.5, 0.6) is 0 Å². The largest absolute Gasteiger partial charge is 0.393 e. The zero-order chi connectivity index (χ0) is 28.5. The van der Waals surface area contributed by atoms with E-state index in [0.29, 0.717) is 46.8 Å². The van der Waals surface area contributed by atoms with Gasteiger partial charge in [-0.15, -0.1) is 0 Å². The van der Waals surface area contributed by atoms with Crippen molar-refractivity contribution in [3.05, 3.63) is 76.1 Å². The summed E-state index contributed by atoms with van der Waals surface area (Å²) in [6.45, 7) is 4.52. The number of nitrogens with one attached hydrogen (secondary N) is 2. The molecule has 4 aromatic rings. The van der Waals surface area contributed by atoms with Crippen LogP contribution in [0.1, 0.15) is 48.0 Å². The van der Waals surface area contributed by atoms with Gasteiger partial charge < -0.3 is 25.2 Å². The summed E-state index contributed by atoms with van der Waals surface area (Å²) in [5, 5.41) is 13.4. The Bertz CT molecular complexity index is 1640. The van der Waals surface area contributed by atoms with Gasteiger partial charge in [0, 0.05) is 43.5 Å². The van der Waals surface area contributed by atoms with Crippen molar-refractivity contribution in [2.75, 3.05) is 36.4 Å². The molecule has 5 heterocycles. The molecular formula is C31H33FN6O3. The van der Waals surface area contributed by atoms with Crippen LogP contribution < -0.4 is 15.8 Å². The zero-order valence-corrected chi connectivity index (χ0v) is 23.0. The van der Waals surface area contributed by atoms with E-state index in [2.05, 4.69) is 25.2 Å². The number of carbonyl (C=O) groups is 1. The Labute approximate surface area is 237 Å². The second-order valence-electron chi connectivity index (χ2n) is 10.8. The molecular weight excluding hydrogens is 523 g/mol. The standard InChI is InChI=1S/C31H33FN6O3/c1-19-22(31(41)38-13-3-2-4-14-38)6-7-23(29(19)32)25-17-26(28-24(35-25)9-12-33-30(28)40)36-27-8-5-20(18-34-27)37-15-10-21(39)11-16-37/h5-9,12,17-18,21,39H,2-4,10-11,13-16H2,1H3,(H,33,40)(H,34,35,36). The predicted octanol–water partition coefficient (Wildman–Crippen LogP) is 4.76. The second-order valence-corrected chi connectivity index (χ2v) is 10.8. The third-order valence-electron chi connectivity index (χ3n) is 8.11. The smallest absolute Gasteiger partial charge is 0.259 e. The van der Waals surface area contributed by atoms with Gasteiger partial charge in [0.2, 0.25) is 0 Å². The maximum atomic E-state index is 15.8. The van der Waals surface area contributed by atoms with Gasteiger partial charge in [-0.1, -0.05) is 0 Å². The maximum Gasteiger partial charge on any atom is 0.259 e. The number of aliphatic hydroxyl groups is 1. The first-order chi connectivity index (χ1) is 19.9. The molecule has 9 nitrogen and oxygen atoms in total. The molecule has 1 aromatic carbocycles. The number of rotatable bonds is 5. The number of likely N-dealkylation sites (tertiary alicyclic amines) is 1. The van der Waals surface area contributed by atoms with E-state index in [0.717, 1.165) is 50.9 Å². The number of hydrogen-bond acceptors (Lipinski definition) is 7. The highest BCUT2D eigenvalue weighted by Crippen LogP contribution is 2.32. The van der Waals surface area contributed by atoms with Gasteiger partial charge in [-0.2, -0.15) is 0 Å². The fourth-order valence-corrected chi connectivity index (χ4v) is 5.72. The van der Waals surface area contributed by atoms with Crippen LogP contribution in [-0.4, -0.2) is 63.1 Å². The predicted molar refractivity (Wildman–Crippen MR) is 157 cm³/mol. The minimum atomic E-state index is -0.510. The van der Waals surface area contributed by atoms with E-state index in [1.165, 1.54) is 6.20 Å². The van der Waals surface area contributed by atoms with E-state index in [1.807, 2.05) is 12.1 Å². The molecule has 3 N–H and O–H groups in total. The topological polar surface area (TPSA) is 114 Å². The van der Waals surface area contributed by atoms with Crippen molar-refractivity contribution in [3.63, 3.8) is 0 Å². The monoisotopic (exact) mass is 556 g/mol. The van der Waals surface area contributed by atoms with E-state index in [9.17, 15) is 14.7 Å². The first-order valence-electron chi connectivity index (χ1n) is 14.2. The minimum absolute atomic E-state index is 0.150. The van der Waals surface area contributed by atoms with Gasteiger partial charge in [0.05, 0.1) is 40.3 Å². The molecule has 2 fully saturated rings. The number of pyridine rings is 3. The highest BCUT2D eigenvalue weighted by atomic mass is 19.1. The van der Waals surface area contributed by atoms with Gasteiger partial charge in [-0.25, -0.2) is 14.4 Å². The van der Waals surface area contributed by atoms with E-state index < -0.39 is 5.82 Å². The number of fused-ring (bicyclic) bond motifs is 1. The molecule has 10 heteroatoms. The highest BCUT2D eigenvalue weighted by molar-refractivity contribution is 5.97. The Morgan fingerprint density at radius 1 is 1.07 bits per heavy atom. The van der Waals surface area contributed by atoms with Gasteiger partial charge in [0.1, 0.15) is 11.6 Å². The van der Waals surface area contributed by atoms with Crippen molar-refractivity contribution >= 4 is 34.0 Å². The molecule has 0 spiro atoms. The molecule has 0 bridgehead atoms. The molecule has 212 valence electrons. The molecule has 2 saturated heterocycles. The Kier molecular flexibility index (Phi) is 7.40. The Morgan fingerprint density at radius 3 is 2.59 bits per heavy atom. The summed E-state index contributed by atoms with van der Waals surface area (Å²) in [6.07, 6.45) is 7.48. The summed E-state index contributed by atoms with van der Waals surface area (Å²) in [4.78, 5) is 41.7. The third kappa shape index (κ3) is 5.39.